The maximum Gasteiger partial charge on any atom is 0.0160 e. The lowest BCUT2D eigenvalue weighted by Gasteiger charge is -2.27. The molecule has 0 aliphatic heterocycles. The Morgan fingerprint density at radius 1 is 1.25 bits per heavy atom. The first-order valence-corrected chi connectivity index (χ1v) is 8.30. The topological polar surface area (TPSA) is 12.0 Å². The molecule has 2 heteroatoms. The number of thioether (sulfide) groups is 1. The highest BCUT2D eigenvalue weighted by Crippen LogP contribution is 2.49. The third-order valence-electron chi connectivity index (χ3n) is 4.49. The van der Waals surface area contributed by atoms with E-state index in [1.54, 1.807) is 12.8 Å². The molecule has 94 valence electrons. The van der Waals surface area contributed by atoms with E-state index in [9.17, 15) is 0 Å². The summed E-state index contributed by atoms with van der Waals surface area (Å²) in [6.07, 6.45) is 7.63. The molecule has 2 bridgehead atoms. The molecular formula is C14H27NS. The van der Waals surface area contributed by atoms with E-state index in [0.717, 1.165) is 30.3 Å². The number of rotatable bonds is 7. The van der Waals surface area contributed by atoms with Gasteiger partial charge >= 0.3 is 0 Å². The summed E-state index contributed by atoms with van der Waals surface area (Å²) >= 11 is 2.10. The fraction of sp³-hybridized carbons (Fsp3) is 1.00. The number of nitrogens with one attached hydrogen (secondary N) is 1. The van der Waals surface area contributed by atoms with Gasteiger partial charge < -0.3 is 5.32 Å². The van der Waals surface area contributed by atoms with E-state index in [0.29, 0.717) is 0 Å². The quantitative estimate of drug-likeness (QED) is 0.731. The number of hydrogen-bond donors (Lipinski definition) is 1. The molecule has 16 heavy (non-hydrogen) atoms. The summed E-state index contributed by atoms with van der Waals surface area (Å²) in [6, 6.07) is 0.777. The SMILES string of the molecule is CCNC(CSCC)CC1CC2CCC1C2. The van der Waals surface area contributed by atoms with Crippen LogP contribution in [0.25, 0.3) is 0 Å². The van der Waals surface area contributed by atoms with Crippen LogP contribution in [0.1, 0.15) is 46.0 Å². The van der Waals surface area contributed by atoms with Crippen LogP contribution in [0, 0.1) is 17.8 Å². The molecule has 0 aromatic carbocycles. The predicted octanol–water partition coefficient (Wildman–Crippen LogP) is 3.54. The van der Waals surface area contributed by atoms with E-state index in [-0.39, 0.29) is 0 Å². The molecule has 0 aromatic rings. The lowest BCUT2D eigenvalue weighted by Crippen LogP contribution is -2.34. The van der Waals surface area contributed by atoms with Crippen LogP contribution >= 0.6 is 11.8 Å². The fourth-order valence-corrected chi connectivity index (χ4v) is 4.56. The van der Waals surface area contributed by atoms with Crippen LogP contribution in [0.2, 0.25) is 0 Å². The summed E-state index contributed by atoms with van der Waals surface area (Å²) in [4.78, 5) is 0. The average Bonchev–Trinajstić information content (AvgIpc) is 2.88. The summed E-state index contributed by atoms with van der Waals surface area (Å²) in [5.74, 6) is 5.84. The van der Waals surface area contributed by atoms with Crippen LogP contribution in [0.15, 0.2) is 0 Å². The lowest BCUT2D eigenvalue weighted by molar-refractivity contribution is 0.287. The van der Waals surface area contributed by atoms with Gasteiger partial charge in [-0.1, -0.05) is 20.3 Å². The van der Waals surface area contributed by atoms with Crippen LogP contribution in [-0.4, -0.2) is 24.1 Å². The van der Waals surface area contributed by atoms with Crippen molar-refractivity contribution in [3.8, 4) is 0 Å². The molecule has 2 rings (SSSR count). The van der Waals surface area contributed by atoms with Crippen molar-refractivity contribution in [2.45, 2.75) is 52.0 Å². The highest BCUT2D eigenvalue weighted by atomic mass is 32.2. The lowest BCUT2D eigenvalue weighted by atomic mass is 9.84. The number of hydrogen-bond acceptors (Lipinski definition) is 2. The summed E-state index contributed by atoms with van der Waals surface area (Å²) in [7, 11) is 0. The van der Waals surface area contributed by atoms with Crippen molar-refractivity contribution in [1.82, 2.24) is 5.32 Å². The zero-order chi connectivity index (χ0) is 11.4. The van der Waals surface area contributed by atoms with Crippen molar-refractivity contribution in [2.24, 2.45) is 17.8 Å². The van der Waals surface area contributed by atoms with Crippen molar-refractivity contribution in [3.63, 3.8) is 0 Å². The van der Waals surface area contributed by atoms with Crippen LogP contribution in [0.3, 0.4) is 0 Å². The Morgan fingerprint density at radius 2 is 2.12 bits per heavy atom. The molecular weight excluding hydrogens is 214 g/mol. The minimum absolute atomic E-state index is 0.777. The molecule has 2 aliphatic carbocycles. The molecule has 2 fully saturated rings. The Kier molecular flexibility index (Phi) is 5.02. The smallest absolute Gasteiger partial charge is 0.0160 e. The van der Waals surface area contributed by atoms with Gasteiger partial charge in [0.25, 0.3) is 0 Å². The predicted molar refractivity (Wildman–Crippen MR) is 74.0 cm³/mol. The molecule has 2 aliphatic rings. The number of fused-ring (bicyclic) bond motifs is 2. The van der Waals surface area contributed by atoms with Gasteiger partial charge in [-0.2, -0.15) is 11.8 Å². The van der Waals surface area contributed by atoms with Gasteiger partial charge in [-0.3, -0.25) is 0 Å². The van der Waals surface area contributed by atoms with Gasteiger partial charge in [0.05, 0.1) is 0 Å². The van der Waals surface area contributed by atoms with Crippen molar-refractivity contribution >= 4 is 11.8 Å². The average molecular weight is 241 g/mol. The first kappa shape index (κ1) is 12.8. The Bertz CT molecular complexity index is 207. The Morgan fingerprint density at radius 3 is 2.69 bits per heavy atom. The van der Waals surface area contributed by atoms with Crippen LogP contribution in [0.5, 0.6) is 0 Å². The molecule has 0 amide bonds. The van der Waals surface area contributed by atoms with Crippen molar-refractivity contribution in [3.05, 3.63) is 0 Å². The highest BCUT2D eigenvalue weighted by Gasteiger charge is 2.39. The van der Waals surface area contributed by atoms with Crippen LogP contribution in [-0.2, 0) is 0 Å². The van der Waals surface area contributed by atoms with Gasteiger partial charge in [0, 0.05) is 11.8 Å². The second-order valence-corrected chi connectivity index (χ2v) is 6.90. The Hall–Kier alpha value is 0.310. The van der Waals surface area contributed by atoms with E-state index < -0.39 is 0 Å². The van der Waals surface area contributed by atoms with E-state index >= 15 is 0 Å². The first-order chi connectivity index (χ1) is 7.83. The standard InChI is InChI=1S/C14H27NS/c1-3-15-14(10-16-4-2)9-13-8-11-5-6-12(13)7-11/h11-15H,3-10H2,1-2H3. The summed E-state index contributed by atoms with van der Waals surface area (Å²) in [5, 5.41) is 3.68. The molecule has 1 N–H and O–H groups in total. The highest BCUT2D eigenvalue weighted by molar-refractivity contribution is 7.99. The summed E-state index contributed by atoms with van der Waals surface area (Å²) < 4.78 is 0. The van der Waals surface area contributed by atoms with Gasteiger partial charge in [0.2, 0.25) is 0 Å². The van der Waals surface area contributed by atoms with Gasteiger partial charge in [-0.15, -0.1) is 0 Å². The molecule has 0 radical (unpaired) electrons. The summed E-state index contributed by atoms with van der Waals surface area (Å²) in [6.45, 7) is 5.64. The van der Waals surface area contributed by atoms with E-state index in [1.807, 2.05) is 0 Å². The summed E-state index contributed by atoms with van der Waals surface area (Å²) in [5.41, 5.74) is 0. The molecule has 4 unspecified atom stereocenters. The van der Waals surface area contributed by atoms with Crippen LogP contribution in [0.4, 0.5) is 0 Å². The zero-order valence-corrected chi connectivity index (χ0v) is 11.7. The normalized spacial score (nSPS) is 34.5. The largest absolute Gasteiger partial charge is 0.313 e. The Balaban J connectivity index is 1.76. The molecule has 4 atom stereocenters. The van der Waals surface area contributed by atoms with Gasteiger partial charge in [-0.25, -0.2) is 0 Å². The van der Waals surface area contributed by atoms with Gasteiger partial charge in [-0.05, 0) is 55.7 Å². The van der Waals surface area contributed by atoms with Gasteiger partial charge in [0.1, 0.15) is 0 Å². The minimum atomic E-state index is 0.777. The Labute approximate surface area is 105 Å². The van der Waals surface area contributed by atoms with E-state index in [2.05, 4.69) is 30.9 Å². The minimum Gasteiger partial charge on any atom is -0.313 e. The second-order valence-electron chi connectivity index (χ2n) is 5.58. The molecule has 0 aromatic heterocycles. The van der Waals surface area contributed by atoms with Crippen molar-refractivity contribution in [2.75, 3.05) is 18.1 Å². The van der Waals surface area contributed by atoms with E-state index in [1.165, 1.54) is 30.8 Å². The molecule has 2 saturated carbocycles. The van der Waals surface area contributed by atoms with Crippen molar-refractivity contribution < 1.29 is 0 Å². The molecule has 0 saturated heterocycles. The zero-order valence-electron chi connectivity index (χ0n) is 10.9. The van der Waals surface area contributed by atoms with Gasteiger partial charge in [0.15, 0.2) is 0 Å². The maximum absolute atomic E-state index is 3.68. The van der Waals surface area contributed by atoms with E-state index in [4.69, 9.17) is 0 Å². The monoisotopic (exact) mass is 241 g/mol. The maximum atomic E-state index is 3.68. The second kappa shape index (κ2) is 6.30. The fourth-order valence-electron chi connectivity index (χ4n) is 3.79. The molecule has 0 spiro atoms. The third kappa shape index (κ3) is 3.16. The first-order valence-electron chi connectivity index (χ1n) is 7.14. The third-order valence-corrected chi connectivity index (χ3v) is 5.53. The van der Waals surface area contributed by atoms with Crippen molar-refractivity contribution in [1.29, 1.82) is 0 Å². The molecule has 0 heterocycles. The molecule has 1 nitrogen and oxygen atoms in total. The van der Waals surface area contributed by atoms with Crippen LogP contribution < -0.4 is 5.32 Å².